The molecule has 0 spiro atoms. The second-order valence-electron chi connectivity index (χ2n) is 4.86. The average Bonchev–Trinajstić information content (AvgIpc) is 2.84. The first-order valence-electron chi connectivity index (χ1n) is 7.15. The molecule has 21 heavy (non-hydrogen) atoms. The fraction of sp³-hybridized carbons (Fsp3) is 0.235. The molecule has 0 saturated heterocycles. The predicted octanol–water partition coefficient (Wildman–Crippen LogP) is 4.30. The van der Waals surface area contributed by atoms with Crippen molar-refractivity contribution in [1.29, 1.82) is 0 Å². The largest absolute Gasteiger partial charge is 0.377 e. The SMILES string of the molecule is CCSc1ccccc1NCc1nc2ccccc2n1C. The molecule has 0 aliphatic heterocycles. The van der Waals surface area contributed by atoms with E-state index in [0.29, 0.717) is 0 Å². The molecule has 0 aliphatic rings. The molecule has 0 unspecified atom stereocenters. The lowest BCUT2D eigenvalue weighted by Gasteiger charge is -2.11. The van der Waals surface area contributed by atoms with E-state index in [1.54, 1.807) is 0 Å². The molecule has 3 aromatic rings. The number of aryl methyl sites for hydroxylation is 1. The number of hydrogen-bond acceptors (Lipinski definition) is 3. The van der Waals surface area contributed by atoms with Crippen molar-refractivity contribution in [3.63, 3.8) is 0 Å². The minimum Gasteiger partial charge on any atom is -0.377 e. The Labute approximate surface area is 129 Å². The number of nitrogens with zero attached hydrogens (tertiary/aromatic N) is 2. The smallest absolute Gasteiger partial charge is 0.128 e. The zero-order valence-corrected chi connectivity index (χ0v) is 13.2. The summed E-state index contributed by atoms with van der Waals surface area (Å²) in [6, 6.07) is 16.7. The van der Waals surface area contributed by atoms with E-state index in [-0.39, 0.29) is 0 Å². The summed E-state index contributed by atoms with van der Waals surface area (Å²) in [5, 5.41) is 3.51. The van der Waals surface area contributed by atoms with Crippen molar-refractivity contribution in [2.45, 2.75) is 18.4 Å². The van der Waals surface area contributed by atoms with Gasteiger partial charge in [0.05, 0.1) is 17.6 Å². The summed E-state index contributed by atoms with van der Waals surface area (Å²) < 4.78 is 2.15. The number of aromatic nitrogens is 2. The van der Waals surface area contributed by atoms with Gasteiger partial charge in [0.2, 0.25) is 0 Å². The quantitative estimate of drug-likeness (QED) is 0.712. The molecule has 0 aliphatic carbocycles. The fourth-order valence-electron chi connectivity index (χ4n) is 2.42. The van der Waals surface area contributed by atoms with Crippen molar-refractivity contribution in [2.24, 2.45) is 7.05 Å². The number of nitrogens with one attached hydrogen (secondary N) is 1. The summed E-state index contributed by atoms with van der Waals surface area (Å²) in [6.45, 7) is 2.90. The molecule has 3 nitrogen and oxygen atoms in total. The summed E-state index contributed by atoms with van der Waals surface area (Å²) in [4.78, 5) is 5.99. The monoisotopic (exact) mass is 297 g/mol. The van der Waals surface area contributed by atoms with Crippen LogP contribution in [0.3, 0.4) is 0 Å². The Morgan fingerprint density at radius 1 is 1.10 bits per heavy atom. The molecule has 0 fully saturated rings. The van der Waals surface area contributed by atoms with Crippen molar-refractivity contribution in [2.75, 3.05) is 11.1 Å². The van der Waals surface area contributed by atoms with Gasteiger partial charge in [0, 0.05) is 17.6 Å². The van der Waals surface area contributed by atoms with Crippen LogP contribution in [-0.2, 0) is 13.6 Å². The Balaban J connectivity index is 1.82. The highest BCUT2D eigenvalue weighted by Gasteiger charge is 2.07. The van der Waals surface area contributed by atoms with Crippen LogP contribution in [-0.4, -0.2) is 15.3 Å². The molecule has 0 saturated carbocycles. The topological polar surface area (TPSA) is 29.9 Å². The summed E-state index contributed by atoms with van der Waals surface area (Å²) in [5.74, 6) is 2.12. The van der Waals surface area contributed by atoms with Crippen LogP contribution in [0.2, 0.25) is 0 Å². The number of imidazole rings is 1. The molecule has 2 aromatic carbocycles. The van der Waals surface area contributed by atoms with E-state index in [1.165, 1.54) is 16.1 Å². The van der Waals surface area contributed by atoms with Gasteiger partial charge in [-0.2, -0.15) is 0 Å². The lowest BCUT2D eigenvalue weighted by molar-refractivity contribution is 0.833. The maximum atomic E-state index is 4.70. The van der Waals surface area contributed by atoms with Crippen LogP contribution in [0.25, 0.3) is 11.0 Å². The van der Waals surface area contributed by atoms with Crippen LogP contribution in [0.1, 0.15) is 12.7 Å². The molecule has 4 heteroatoms. The Bertz CT molecular complexity index is 749. The minimum atomic E-state index is 0.729. The van der Waals surface area contributed by atoms with Gasteiger partial charge < -0.3 is 9.88 Å². The van der Waals surface area contributed by atoms with Crippen molar-refractivity contribution in [1.82, 2.24) is 9.55 Å². The normalized spacial score (nSPS) is 11.0. The molecular formula is C17H19N3S. The molecule has 108 valence electrons. The van der Waals surface area contributed by atoms with E-state index in [4.69, 9.17) is 4.98 Å². The Hall–Kier alpha value is -1.94. The van der Waals surface area contributed by atoms with Crippen LogP contribution in [0.15, 0.2) is 53.4 Å². The van der Waals surface area contributed by atoms with E-state index in [2.05, 4.69) is 66.3 Å². The summed E-state index contributed by atoms with van der Waals surface area (Å²) in [5.41, 5.74) is 3.40. The van der Waals surface area contributed by atoms with E-state index in [1.807, 2.05) is 17.8 Å². The third-order valence-corrected chi connectivity index (χ3v) is 4.46. The van der Waals surface area contributed by atoms with Crippen molar-refractivity contribution in [3.05, 3.63) is 54.4 Å². The predicted molar refractivity (Wildman–Crippen MR) is 90.9 cm³/mol. The number of para-hydroxylation sites is 3. The standard InChI is InChI=1S/C17H19N3S/c1-3-21-16-11-7-5-9-14(16)18-12-17-19-13-8-4-6-10-15(13)20(17)2/h4-11,18H,3,12H2,1-2H3. The third kappa shape index (κ3) is 2.90. The molecule has 0 amide bonds. The Kier molecular flexibility index (Phi) is 4.15. The highest BCUT2D eigenvalue weighted by molar-refractivity contribution is 7.99. The highest BCUT2D eigenvalue weighted by Crippen LogP contribution is 2.27. The first-order valence-corrected chi connectivity index (χ1v) is 8.14. The molecule has 3 rings (SSSR count). The zero-order valence-electron chi connectivity index (χ0n) is 12.3. The lowest BCUT2D eigenvalue weighted by atomic mass is 10.3. The van der Waals surface area contributed by atoms with Gasteiger partial charge in [0.1, 0.15) is 5.82 Å². The molecule has 0 radical (unpaired) electrons. The number of rotatable bonds is 5. The molecule has 1 N–H and O–H groups in total. The minimum absolute atomic E-state index is 0.729. The van der Waals surface area contributed by atoms with E-state index in [0.717, 1.165) is 23.6 Å². The van der Waals surface area contributed by atoms with Gasteiger partial charge in [0.15, 0.2) is 0 Å². The molecule has 1 heterocycles. The number of hydrogen-bond donors (Lipinski definition) is 1. The van der Waals surface area contributed by atoms with Gasteiger partial charge in [-0.1, -0.05) is 31.2 Å². The Morgan fingerprint density at radius 2 is 1.86 bits per heavy atom. The number of fused-ring (bicyclic) bond motifs is 1. The average molecular weight is 297 g/mol. The van der Waals surface area contributed by atoms with Crippen LogP contribution in [0.4, 0.5) is 5.69 Å². The maximum absolute atomic E-state index is 4.70. The van der Waals surface area contributed by atoms with Crippen molar-refractivity contribution >= 4 is 28.5 Å². The fourth-order valence-corrected chi connectivity index (χ4v) is 3.20. The van der Waals surface area contributed by atoms with Crippen molar-refractivity contribution in [3.8, 4) is 0 Å². The summed E-state index contributed by atoms with van der Waals surface area (Å²) >= 11 is 1.86. The molecular weight excluding hydrogens is 278 g/mol. The maximum Gasteiger partial charge on any atom is 0.128 e. The number of thioether (sulfide) groups is 1. The number of benzene rings is 2. The molecule has 0 bridgehead atoms. The van der Waals surface area contributed by atoms with E-state index in [9.17, 15) is 0 Å². The first-order chi connectivity index (χ1) is 10.3. The lowest BCUT2D eigenvalue weighted by Crippen LogP contribution is -2.06. The second kappa shape index (κ2) is 6.22. The number of anilines is 1. The van der Waals surface area contributed by atoms with Gasteiger partial charge in [0.25, 0.3) is 0 Å². The zero-order chi connectivity index (χ0) is 14.7. The van der Waals surface area contributed by atoms with Gasteiger partial charge in [-0.15, -0.1) is 11.8 Å². The van der Waals surface area contributed by atoms with Gasteiger partial charge in [-0.3, -0.25) is 0 Å². The van der Waals surface area contributed by atoms with E-state index < -0.39 is 0 Å². The van der Waals surface area contributed by atoms with Gasteiger partial charge in [-0.25, -0.2) is 4.98 Å². The Morgan fingerprint density at radius 3 is 2.67 bits per heavy atom. The van der Waals surface area contributed by atoms with Crippen LogP contribution in [0, 0.1) is 0 Å². The summed E-state index contributed by atoms with van der Waals surface area (Å²) in [7, 11) is 2.07. The second-order valence-corrected chi connectivity index (χ2v) is 6.16. The van der Waals surface area contributed by atoms with Gasteiger partial charge >= 0.3 is 0 Å². The van der Waals surface area contributed by atoms with E-state index >= 15 is 0 Å². The van der Waals surface area contributed by atoms with Crippen molar-refractivity contribution < 1.29 is 0 Å². The molecule has 0 atom stereocenters. The van der Waals surface area contributed by atoms with Crippen LogP contribution >= 0.6 is 11.8 Å². The third-order valence-electron chi connectivity index (χ3n) is 3.50. The highest BCUT2D eigenvalue weighted by atomic mass is 32.2. The summed E-state index contributed by atoms with van der Waals surface area (Å²) in [6.07, 6.45) is 0. The van der Waals surface area contributed by atoms with Crippen LogP contribution in [0.5, 0.6) is 0 Å². The molecule has 1 aromatic heterocycles. The first kappa shape index (κ1) is 14.0. The van der Waals surface area contributed by atoms with Gasteiger partial charge in [-0.05, 0) is 30.0 Å². The van der Waals surface area contributed by atoms with Crippen LogP contribution < -0.4 is 5.32 Å².